The summed E-state index contributed by atoms with van der Waals surface area (Å²) in [4.78, 5) is 29.9. The Morgan fingerprint density at radius 3 is 2.63 bits per heavy atom. The Kier molecular flexibility index (Phi) is 6.38. The zero-order chi connectivity index (χ0) is 19.1. The lowest BCUT2D eigenvalue weighted by molar-refractivity contribution is -0.123. The van der Waals surface area contributed by atoms with E-state index in [4.69, 9.17) is 0 Å². The van der Waals surface area contributed by atoms with Crippen molar-refractivity contribution >= 4 is 23.2 Å². The minimum absolute atomic E-state index is 0.0939. The van der Waals surface area contributed by atoms with Gasteiger partial charge in [0, 0.05) is 31.4 Å². The molecule has 2 amide bonds. The van der Waals surface area contributed by atoms with Crippen LogP contribution in [-0.4, -0.2) is 33.4 Å². The number of rotatable bonds is 8. The number of amides is 2. The molecule has 0 saturated carbocycles. The van der Waals surface area contributed by atoms with Gasteiger partial charge in [-0.15, -0.1) is 11.3 Å². The lowest BCUT2D eigenvalue weighted by atomic mass is 10.0. The number of nitrogens with one attached hydrogen (secondary N) is 2. The van der Waals surface area contributed by atoms with Crippen LogP contribution in [0, 0.1) is 0 Å². The van der Waals surface area contributed by atoms with Gasteiger partial charge in [0.1, 0.15) is 6.04 Å². The molecule has 7 heteroatoms. The van der Waals surface area contributed by atoms with E-state index >= 15 is 0 Å². The van der Waals surface area contributed by atoms with Gasteiger partial charge in [-0.1, -0.05) is 36.4 Å². The molecule has 3 aromatic rings. The van der Waals surface area contributed by atoms with Crippen LogP contribution in [0.25, 0.3) is 0 Å². The second kappa shape index (κ2) is 9.14. The molecule has 27 heavy (non-hydrogen) atoms. The highest BCUT2D eigenvalue weighted by Crippen LogP contribution is 2.10. The lowest BCUT2D eigenvalue weighted by Gasteiger charge is -2.21. The molecule has 2 atom stereocenters. The van der Waals surface area contributed by atoms with Crippen LogP contribution in [0.3, 0.4) is 0 Å². The van der Waals surface area contributed by atoms with Crippen molar-refractivity contribution in [2.45, 2.75) is 32.0 Å². The van der Waals surface area contributed by atoms with Gasteiger partial charge in [-0.05, 0) is 23.9 Å². The Balaban J connectivity index is 1.67. The number of carbonyl (C=O) groups excluding carboxylic acids is 2. The van der Waals surface area contributed by atoms with Crippen molar-refractivity contribution in [2.24, 2.45) is 0 Å². The van der Waals surface area contributed by atoms with E-state index in [1.54, 1.807) is 18.6 Å². The molecule has 0 radical (unpaired) electrons. The van der Waals surface area contributed by atoms with Crippen LogP contribution in [0.2, 0.25) is 0 Å². The fourth-order valence-corrected chi connectivity index (χ4v) is 3.42. The standard InChI is InChI=1S/C20H22N4O2S/c1-15(13-24-10-9-21-14-24)22-19(25)17(12-16-6-3-2-4-7-16)23-20(26)18-8-5-11-27-18/h2-11,14-15,17H,12-13H2,1H3,(H,22,25)(H,23,26). The molecular formula is C20H22N4O2S. The molecular weight excluding hydrogens is 360 g/mol. The molecule has 0 saturated heterocycles. The first-order valence-corrected chi connectivity index (χ1v) is 9.64. The molecule has 140 valence electrons. The normalized spacial score (nSPS) is 12.9. The molecule has 0 fully saturated rings. The molecule has 2 N–H and O–H groups in total. The van der Waals surface area contributed by atoms with Gasteiger partial charge in [-0.2, -0.15) is 0 Å². The van der Waals surface area contributed by atoms with Crippen LogP contribution in [0.15, 0.2) is 66.6 Å². The van der Waals surface area contributed by atoms with Gasteiger partial charge in [0.25, 0.3) is 5.91 Å². The number of thiophene rings is 1. The molecule has 0 aliphatic carbocycles. The molecule has 2 aromatic heterocycles. The van der Waals surface area contributed by atoms with Crippen LogP contribution in [0.5, 0.6) is 0 Å². The van der Waals surface area contributed by atoms with Crippen LogP contribution in [0.4, 0.5) is 0 Å². The summed E-state index contributed by atoms with van der Waals surface area (Å²) >= 11 is 1.35. The van der Waals surface area contributed by atoms with Crippen LogP contribution in [0.1, 0.15) is 22.2 Å². The fraction of sp³-hybridized carbons (Fsp3) is 0.250. The van der Waals surface area contributed by atoms with E-state index in [1.165, 1.54) is 11.3 Å². The van der Waals surface area contributed by atoms with Crippen molar-refractivity contribution in [3.8, 4) is 0 Å². The van der Waals surface area contributed by atoms with Gasteiger partial charge in [-0.25, -0.2) is 4.98 Å². The number of hydrogen-bond donors (Lipinski definition) is 2. The van der Waals surface area contributed by atoms with Crippen molar-refractivity contribution in [2.75, 3.05) is 0 Å². The number of benzene rings is 1. The summed E-state index contributed by atoms with van der Waals surface area (Å²) in [6.07, 6.45) is 5.70. The molecule has 0 aliphatic heterocycles. The molecule has 0 bridgehead atoms. The first-order valence-electron chi connectivity index (χ1n) is 8.76. The van der Waals surface area contributed by atoms with Gasteiger partial charge < -0.3 is 15.2 Å². The predicted octanol–water partition coefficient (Wildman–Crippen LogP) is 2.49. The molecule has 0 spiro atoms. The number of imidazole rings is 1. The van der Waals surface area contributed by atoms with Gasteiger partial charge in [0.05, 0.1) is 11.2 Å². The summed E-state index contributed by atoms with van der Waals surface area (Å²) in [7, 11) is 0. The maximum atomic E-state index is 12.8. The van der Waals surface area contributed by atoms with Crippen LogP contribution in [-0.2, 0) is 17.8 Å². The van der Waals surface area contributed by atoms with E-state index in [1.807, 2.05) is 59.5 Å². The van der Waals surface area contributed by atoms with E-state index in [0.717, 1.165) is 5.56 Å². The summed E-state index contributed by atoms with van der Waals surface area (Å²) in [6.45, 7) is 2.54. The molecule has 0 aliphatic rings. The zero-order valence-electron chi connectivity index (χ0n) is 15.0. The quantitative estimate of drug-likeness (QED) is 0.628. The zero-order valence-corrected chi connectivity index (χ0v) is 15.9. The SMILES string of the molecule is CC(Cn1ccnc1)NC(=O)C(Cc1ccccc1)NC(=O)c1cccs1. The Morgan fingerprint density at radius 2 is 1.96 bits per heavy atom. The van der Waals surface area contributed by atoms with E-state index in [2.05, 4.69) is 15.6 Å². The Hall–Kier alpha value is -2.93. The highest BCUT2D eigenvalue weighted by Gasteiger charge is 2.23. The second-order valence-corrected chi connectivity index (χ2v) is 7.31. The molecule has 3 rings (SSSR count). The molecule has 6 nitrogen and oxygen atoms in total. The number of hydrogen-bond acceptors (Lipinski definition) is 4. The highest BCUT2D eigenvalue weighted by atomic mass is 32.1. The van der Waals surface area contributed by atoms with Crippen molar-refractivity contribution in [1.82, 2.24) is 20.2 Å². The smallest absolute Gasteiger partial charge is 0.262 e. The van der Waals surface area contributed by atoms with Gasteiger partial charge in [-0.3, -0.25) is 9.59 Å². The van der Waals surface area contributed by atoms with Crippen LogP contribution >= 0.6 is 11.3 Å². The summed E-state index contributed by atoms with van der Waals surface area (Å²) in [5.74, 6) is -0.431. The largest absolute Gasteiger partial charge is 0.350 e. The molecule has 2 heterocycles. The van der Waals surface area contributed by atoms with Crippen molar-refractivity contribution in [3.63, 3.8) is 0 Å². The summed E-state index contributed by atoms with van der Waals surface area (Å²) in [6, 6.07) is 12.5. The monoisotopic (exact) mass is 382 g/mol. The van der Waals surface area contributed by atoms with Crippen molar-refractivity contribution in [1.29, 1.82) is 0 Å². The first kappa shape index (κ1) is 18.8. The number of aromatic nitrogens is 2. The fourth-order valence-electron chi connectivity index (χ4n) is 2.80. The average Bonchev–Trinajstić information content (AvgIpc) is 3.35. The minimum Gasteiger partial charge on any atom is -0.350 e. The number of carbonyl (C=O) groups is 2. The molecule has 1 aromatic carbocycles. The lowest BCUT2D eigenvalue weighted by Crippen LogP contribution is -2.50. The highest BCUT2D eigenvalue weighted by molar-refractivity contribution is 7.12. The number of nitrogens with zero attached hydrogens (tertiary/aromatic N) is 2. The summed E-state index contributed by atoms with van der Waals surface area (Å²) < 4.78 is 1.90. The Labute approximate surface area is 162 Å². The average molecular weight is 382 g/mol. The third-order valence-electron chi connectivity index (χ3n) is 4.08. The van der Waals surface area contributed by atoms with Gasteiger partial charge >= 0.3 is 0 Å². The van der Waals surface area contributed by atoms with E-state index < -0.39 is 6.04 Å². The van der Waals surface area contributed by atoms with E-state index in [0.29, 0.717) is 17.8 Å². The summed E-state index contributed by atoms with van der Waals surface area (Å²) in [5.41, 5.74) is 0.992. The maximum Gasteiger partial charge on any atom is 0.262 e. The third-order valence-corrected chi connectivity index (χ3v) is 4.95. The van der Waals surface area contributed by atoms with Crippen molar-refractivity contribution < 1.29 is 9.59 Å². The topological polar surface area (TPSA) is 76.0 Å². The van der Waals surface area contributed by atoms with Crippen LogP contribution < -0.4 is 10.6 Å². The summed E-state index contributed by atoms with van der Waals surface area (Å²) in [5, 5.41) is 7.70. The Morgan fingerprint density at radius 1 is 1.15 bits per heavy atom. The predicted molar refractivity (Wildman–Crippen MR) is 106 cm³/mol. The van der Waals surface area contributed by atoms with Crippen molar-refractivity contribution in [3.05, 3.63) is 77.0 Å². The molecule has 2 unspecified atom stereocenters. The van der Waals surface area contributed by atoms with E-state index in [9.17, 15) is 9.59 Å². The minimum atomic E-state index is -0.646. The van der Waals surface area contributed by atoms with Gasteiger partial charge in [0.2, 0.25) is 5.91 Å². The second-order valence-electron chi connectivity index (χ2n) is 6.36. The third kappa shape index (κ3) is 5.52. The maximum absolute atomic E-state index is 12.8. The Bertz CT molecular complexity index is 848. The first-order chi connectivity index (χ1) is 13.1. The van der Waals surface area contributed by atoms with E-state index in [-0.39, 0.29) is 17.9 Å². The van der Waals surface area contributed by atoms with Gasteiger partial charge in [0.15, 0.2) is 0 Å².